The largest absolute Gasteiger partial charge is 0.460 e. The van der Waals surface area contributed by atoms with E-state index in [9.17, 15) is 14.4 Å². The van der Waals surface area contributed by atoms with Gasteiger partial charge in [-0.15, -0.1) is 0 Å². The second-order valence-electron chi connectivity index (χ2n) is 6.66. The normalized spacial score (nSPS) is 27.0. The van der Waals surface area contributed by atoms with E-state index in [1.807, 2.05) is 36.4 Å². The molecule has 7 heteroatoms. The number of imide groups is 1. The molecule has 1 heterocycles. The number of amides is 2. The average Bonchev–Trinajstić information content (AvgIpc) is 2.71. The molecule has 3 atom stereocenters. The van der Waals surface area contributed by atoms with Crippen LogP contribution in [0.25, 0.3) is 0 Å². The van der Waals surface area contributed by atoms with Gasteiger partial charge in [0, 0.05) is 13.7 Å². The van der Waals surface area contributed by atoms with Crippen LogP contribution in [-0.4, -0.2) is 49.7 Å². The van der Waals surface area contributed by atoms with Crippen LogP contribution in [0.1, 0.15) is 18.4 Å². The van der Waals surface area contributed by atoms with Gasteiger partial charge in [0.2, 0.25) is 0 Å². The second-order valence-corrected chi connectivity index (χ2v) is 6.66. The first-order chi connectivity index (χ1) is 13.1. The van der Waals surface area contributed by atoms with Crippen molar-refractivity contribution in [3.63, 3.8) is 0 Å². The molecule has 0 aromatic heterocycles. The predicted octanol–water partition coefficient (Wildman–Crippen LogP) is 2.31. The van der Waals surface area contributed by atoms with Crippen LogP contribution >= 0.6 is 0 Å². The zero-order valence-electron chi connectivity index (χ0n) is 15.4. The van der Waals surface area contributed by atoms with E-state index in [0.717, 1.165) is 10.5 Å². The number of rotatable bonds is 4. The highest BCUT2D eigenvalue weighted by Crippen LogP contribution is 2.47. The summed E-state index contributed by atoms with van der Waals surface area (Å²) < 4.78 is 15.7. The number of benzene rings is 1. The van der Waals surface area contributed by atoms with Crippen molar-refractivity contribution in [3.8, 4) is 0 Å². The number of allylic oxidation sites excluding steroid dienone is 1. The number of esters is 1. The summed E-state index contributed by atoms with van der Waals surface area (Å²) in [4.78, 5) is 39.6. The molecule has 0 saturated carbocycles. The van der Waals surface area contributed by atoms with E-state index in [-0.39, 0.29) is 19.1 Å². The molecule has 1 aromatic carbocycles. The molecule has 1 fully saturated rings. The Balaban J connectivity index is 1.94. The molecule has 27 heavy (non-hydrogen) atoms. The molecule has 0 unspecified atom stereocenters. The molecule has 1 aliphatic carbocycles. The van der Waals surface area contributed by atoms with Crippen molar-refractivity contribution < 1.29 is 28.6 Å². The standard InChI is InChI=1S/C20H23NO6/c1-25-16-10-6-9-15-11-12-21(19(24)26-2)17(22)20(15,16)18(23)27-13-14-7-4-3-5-8-14/h3-8,10,15-16H,9,11-13H2,1-2H3/t15-,16+,20-/m0/s1. The van der Waals surface area contributed by atoms with E-state index in [0.29, 0.717) is 12.8 Å². The quantitative estimate of drug-likeness (QED) is 0.458. The summed E-state index contributed by atoms with van der Waals surface area (Å²) in [6.07, 6.45) is 3.03. The summed E-state index contributed by atoms with van der Waals surface area (Å²) in [6.45, 7) is 0.244. The minimum Gasteiger partial charge on any atom is -0.460 e. The maximum atomic E-state index is 13.3. The van der Waals surface area contributed by atoms with Gasteiger partial charge >= 0.3 is 12.1 Å². The van der Waals surface area contributed by atoms with E-state index in [1.54, 1.807) is 6.08 Å². The summed E-state index contributed by atoms with van der Waals surface area (Å²) in [7, 11) is 2.64. The summed E-state index contributed by atoms with van der Waals surface area (Å²) in [5.41, 5.74) is -0.780. The number of ether oxygens (including phenoxy) is 3. The van der Waals surface area contributed by atoms with Gasteiger partial charge in [0.15, 0.2) is 5.41 Å². The summed E-state index contributed by atoms with van der Waals surface area (Å²) in [6, 6.07) is 9.22. The fourth-order valence-electron chi connectivity index (χ4n) is 3.95. The van der Waals surface area contributed by atoms with Crippen LogP contribution < -0.4 is 0 Å². The molecular weight excluding hydrogens is 350 g/mol. The molecule has 3 rings (SSSR count). The van der Waals surface area contributed by atoms with Crippen molar-refractivity contribution >= 4 is 18.0 Å². The lowest BCUT2D eigenvalue weighted by molar-refractivity contribution is -0.185. The number of hydrogen-bond donors (Lipinski definition) is 0. The fraction of sp³-hybridized carbons (Fsp3) is 0.450. The average molecular weight is 373 g/mol. The number of likely N-dealkylation sites (tertiary alicyclic amines) is 1. The van der Waals surface area contributed by atoms with Crippen LogP contribution in [0.3, 0.4) is 0 Å². The molecule has 1 aliphatic heterocycles. The third-order valence-corrected chi connectivity index (χ3v) is 5.32. The molecule has 0 bridgehead atoms. The van der Waals surface area contributed by atoms with Gasteiger partial charge in [-0.25, -0.2) is 9.69 Å². The molecule has 0 radical (unpaired) electrons. The Morgan fingerprint density at radius 3 is 2.63 bits per heavy atom. The van der Waals surface area contributed by atoms with Crippen molar-refractivity contribution in [2.75, 3.05) is 20.8 Å². The minimum atomic E-state index is -1.59. The topological polar surface area (TPSA) is 82.1 Å². The fourth-order valence-corrected chi connectivity index (χ4v) is 3.95. The smallest absolute Gasteiger partial charge is 0.416 e. The van der Waals surface area contributed by atoms with Gasteiger partial charge in [-0.2, -0.15) is 0 Å². The number of nitrogens with zero attached hydrogens (tertiary/aromatic N) is 1. The van der Waals surface area contributed by atoms with E-state index in [2.05, 4.69) is 0 Å². The molecule has 1 aromatic rings. The Bertz CT molecular complexity index is 746. The first-order valence-electron chi connectivity index (χ1n) is 8.86. The van der Waals surface area contributed by atoms with Crippen LogP contribution in [0.15, 0.2) is 42.5 Å². The first-order valence-corrected chi connectivity index (χ1v) is 8.86. The van der Waals surface area contributed by atoms with Crippen molar-refractivity contribution in [1.29, 1.82) is 0 Å². The second kappa shape index (κ2) is 7.92. The van der Waals surface area contributed by atoms with E-state index in [1.165, 1.54) is 14.2 Å². The zero-order valence-corrected chi connectivity index (χ0v) is 15.4. The van der Waals surface area contributed by atoms with Gasteiger partial charge < -0.3 is 14.2 Å². The number of carbonyl (C=O) groups is 3. The molecule has 2 aliphatic rings. The third-order valence-electron chi connectivity index (χ3n) is 5.32. The Morgan fingerprint density at radius 1 is 1.22 bits per heavy atom. The Labute approximate surface area is 157 Å². The zero-order chi connectivity index (χ0) is 19.4. The van der Waals surface area contributed by atoms with Crippen LogP contribution in [-0.2, 0) is 30.4 Å². The van der Waals surface area contributed by atoms with E-state index in [4.69, 9.17) is 14.2 Å². The van der Waals surface area contributed by atoms with Crippen molar-refractivity contribution in [3.05, 3.63) is 48.0 Å². The first kappa shape index (κ1) is 19.1. The Kier molecular flexibility index (Phi) is 5.60. The molecular formula is C20H23NO6. The van der Waals surface area contributed by atoms with Gasteiger partial charge in [-0.1, -0.05) is 42.5 Å². The number of methoxy groups -OCH3 is 2. The number of piperidine rings is 1. The van der Waals surface area contributed by atoms with E-state index >= 15 is 0 Å². The van der Waals surface area contributed by atoms with Gasteiger partial charge in [0.25, 0.3) is 5.91 Å². The third kappa shape index (κ3) is 3.23. The Morgan fingerprint density at radius 2 is 1.96 bits per heavy atom. The minimum absolute atomic E-state index is 0.0415. The van der Waals surface area contributed by atoms with Crippen LogP contribution in [0.4, 0.5) is 4.79 Å². The summed E-state index contributed by atoms with van der Waals surface area (Å²) in [5.74, 6) is -1.60. The van der Waals surface area contributed by atoms with Crippen LogP contribution in [0.2, 0.25) is 0 Å². The Hall–Kier alpha value is -2.67. The van der Waals surface area contributed by atoms with Crippen molar-refractivity contribution in [1.82, 2.24) is 4.90 Å². The van der Waals surface area contributed by atoms with Gasteiger partial charge in [0.1, 0.15) is 12.7 Å². The molecule has 144 valence electrons. The molecule has 7 nitrogen and oxygen atoms in total. The van der Waals surface area contributed by atoms with Gasteiger partial charge in [-0.05, 0) is 24.3 Å². The van der Waals surface area contributed by atoms with Gasteiger partial charge in [0.05, 0.1) is 7.11 Å². The monoisotopic (exact) mass is 373 g/mol. The highest BCUT2D eigenvalue weighted by Gasteiger charge is 2.63. The molecule has 0 N–H and O–H groups in total. The van der Waals surface area contributed by atoms with Crippen LogP contribution in [0.5, 0.6) is 0 Å². The van der Waals surface area contributed by atoms with Crippen molar-refractivity contribution in [2.45, 2.75) is 25.6 Å². The lowest BCUT2D eigenvalue weighted by Crippen LogP contribution is -2.65. The maximum Gasteiger partial charge on any atom is 0.416 e. The SMILES string of the molecule is COC(=O)N1CC[C@@H]2CC=C[C@@H](OC)[C@]2(C(=O)OCc2ccccc2)C1=O. The highest BCUT2D eigenvalue weighted by atomic mass is 16.6. The molecule has 0 spiro atoms. The summed E-state index contributed by atoms with van der Waals surface area (Å²) >= 11 is 0. The lowest BCUT2D eigenvalue weighted by Gasteiger charge is -2.48. The summed E-state index contributed by atoms with van der Waals surface area (Å²) in [5, 5.41) is 0. The number of fused-ring (bicyclic) bond motifs is 1. The highest BCUT2D eigenvalue weighted by molar-refractivity contribution is 6.09. The van der Waals surface area contributed by atoms with Crippen LogP contribution in [0, 0.1) is 11.3 Å². The molecule has 1 saturated heterocycles. The van der Waals surface area contributed by atoms with E-state index < -0.39 is 29.5 Å². The van der Waals surface area contributed by atoms with Crippen molar-refractivity contribution in [2.24, 2.45) is 11.3 Å². The molecule has 2 amide bonds. The lowest BCUT2D eigenvalue weighted by atomic mass is 9.62. The number of hydrogen-bond acceptors (Lipinski definition) is 6. The van der Waals surface area contributed by atoms with Gasteiger partial charge in [-0.3, -0.25) is 9.59 Å². The predicted molar refractivity (Wildman–Crippen MR) is 95.5 cm³/mol. The number of carbonyl (C=O) groups excluding carboxylic acids is 3. The maximum absolute atomic E-state index is 13.3.